The van der Waals surface area contributed by atoms with Gasteiger partial charge in [0.15, 0.2) is 20.0 Å². The number of thiophene rings is 1. The largest absolute Gasteiger partial charge is 0.242 e. The van der Waals surface area contributed by atoms with Gasteiger partial charge in [0, 0.05) is 39.4 Å². The van der Waals surface area contributed by atoms with E-state index in [0.29, 0.717) is 0 Å². The molecule has 49 heavy (non-hydrogen) atoms. The molecule has 0 aliphatic carbocycles. The molecular formula is C40H40N4S5. The Bertz CT molecular complexity index is 2140. The van der Waals surface area contributed by atoms with E-state index in [1.807, 2.05) is 36.1 Å². The van der Waals surface area contributed by atoms with E-state index >= 15 is 0 Å². The molecule has 5 aromatic heterocycles. The summed E-state index contributed by atoms with van der Waals surface area (Å²) in [6, 6.07) is 17.5. The molecule has 9 heteroatoms. The van der Waals surface area contributed by atoms with Gasteiger partial charge < -0.3 is 0 Å². The summed E-state index contributed by atoms with van der Waals surface area (Å²) >= 11 is 8.87. The Kier molecular flexibility index (Phi) is 11.5. The molecule has 0 aliphatic heterocycles. The Morgan fingerprint density at radius 1 is 0.510 bits per heavy atom. The van der Waals surface area contributed by atoms with Crippen molar-refractivity contribution < 1.29 is 0 Å². The molecule has 7 rings (SSSR count). The number of nitrogens with zero attached hydrogens (tertiary/aromatic N) is 4. The lowest BCUT2D eigenvalue weighted by Gasteiger charge is -1.99. The zero-order valence-corrected chi connectivity index (χ0v) is 32.1. The number of fused-ring (bicyclic) bond motifs is 1. The molecular weight excluding hydrogens is 697 g/mol. The summed E-state index contributed by atoms with van der Waals surface area (Å²) in [5.41, 5.74) is 2.38. The summed E-state index contributed by atoms with van der Waals surface area (Å²) in [5, 5.41) is 6.54. The standard InChI is InChI=1S/C40H40N4S5/c1-3-5-7-9-15-31-23-41-37(45-31)39-43-25-34(48-39)33-22-30(20-18-27-17-19-28-13-11-12-14-29(28)21-27)36(47-33)35-26-44-40(49-35)38-42-24-32(46-38)16-10-8-6-4-2/h11-14,17-26H,3-10,15-16H2,1-2H3/b20-18+. The Hall–Kier alpha value is -3.34. The summed E-state index contributed by atoms with van der Waals surface area (Å²) in [7, 11) is 0. The SMILES string of the molecule is CCCCCCc1cnc(-c2ncc(-c3cc(/C=C/c4ccc5ccccc5c4)c(-c4cnc(-c5ncc(CCCCCC)s5)s4)s3)s2)s1. The lowest BCUT2D eigenvalue weighted by Crippen LogP contribution is -1.80. The predicted octanol–water partition coefficient (Wildman–Crippen LogP) is 13.8. The first-order chi connectivity index (χ1) is 24.2. The summed E-state index contributed by atoms with van der Waals surface area (Å²) < 4.78 is 0. The number of thiazole rings is 4. The van der Waals surface area contributed by atoms with Gasteiger partial charge in [0.05, 0.1) is 14.6 Å². The van der Waals surface area contributed by atoms with Crippen molar-refractivity contribution in [1.29, 1.82) is 0 Å². The Morgan fingerprint density at radius 3 is 1.78 bits per heavy atom. The zero-order chi connectivity index (χ0) is 33.4. The number of unbranched alkanes of at least 4 members (excludes halogenated alkanes) is 6. The predicted molar refractivity (Wildman–Crippen MR) is 217 cm³/mol. The minimum Gasteiger partial charge on any atom is -0.242 e. The Balaban J connectivity index is 1.16. The quantitative estimate of drug-likeness (QED) is 0.0927. The first kappa shape index (κ1) is 34.1. The average molecular weight is 737 g/mol. The molecule has 0 unspecified atom stereocenters. The fourth-order valence-electron chi connectivity index (χ4n) is 5.80. The van der Waals surface area contributed by atoms with Gasteiger partial charge in [-0.2, -0.15) is 0 Å². The van der Waals surface area contributed by atoms with Gasteiger partial charge in [0.25, 0.3) is 0 Å². The Morgan fingerprint density at radius 2 is 1.10 bits per heavy atom. The van der Waals surface area contributed by atoms with Gasteiger partial charge in [-0.3, -0.25) is 0 Å². The van der Waals surface area contributed by atoms with Crippen molar-refractivity contribution in [3.8, 4) is 39.5 Å². The highest BCUT2D eigenvalue weighted by Gasteiger charge is 2.18. The van der Waals surface area contributed by atoms with Gasteiger partial charge in [-0.15, -0.1) is 56.7 Å². The number of hydrogen-bond donors (Lipinski definition) is 0. The lowest BCUT2D eigenvalue weighted by atomic mass is 10.1. The van der Waals surface area contributed by atoms with Gasteiger partial charge in [-0.25, -0.2) is 19.9 Å². The van der Waals surface area contributed by atoms with E-state index in [9.17, 15) is 0 Å². The molecule has 0 bridgehead atoms. The van der Waals surface area contributed by atoms with Crippen LogP contribution in [0.5, 0.6) is 0 Å². The molecule has 2 aromatic carbocycles. The van der Waals surface area contributed by atoms with Crippen molar-refractivity contribution >= 4 is 79.6 Å². The van der Waals surface area contributed by atoms with Crippen molar-refractivity contribution in [1.82, 2.24) is 19.9 Å². The topological polar surface area (TPSA) is 51.6 Å². The van der Waals surface area contributed by atoms with Crippen LogP contribution < -0.4 is 0 Å². The van der Waals surface area contributed by atoms with Crippen molar-refractivity contribution in [2.75, 3.05) is 0 Å². The van der Waals surface area contributed by atoms with Crippen LogP contribution in [0.1, 0.15) is 86.1 Å². The monoisotopic (exact) mass is 736 g/mol. The highest BCUT2D eigenvalue weighted by molar-refractivity contribution is 7.29. The number of aromatic nitrogens is 4. The number of hydrogen-bond acceptors (Lipinski definition) is 9. The van der Waals surface area contributed by atoms with Crippen LogP contribution in [0, 0.1) is 0 Å². The lowest BCUT2D eigenvalue weighted by molar-refractivity contribution is 0.670. The third-order valence-corrected chi connectivity index (χ3v) is 14.4. The van der Waals surface area contributed by atoms with Crippen LogP contribution in [0.3, 0.4) is 0 Å². The van der Waals surface area contributed by atoms with E-state index in [4.69, 9.17) is 19.9 Å². The van der Waals surface area contributed by atoms with Crippen LogP contribution in [-0.2, 0) is 12.8 Å². The van der Waals surface area contributed by atoms with Crippen LogP contribution in [-0.4, -0.2) is 19.9 Å². The highest BCUT2D eigenvalue weighted by Crippen LogP contribution is 2.45. The molecule has 0 amide bonds. The number of aryl methyl sites for hydroxylation is 2. The molecule has 0 fully saturated rings. The minimum absolute atomic E-state index is 0.994. The smallest absolute Gasteiger partial charge is 0.152 e. The summed E-state index contributed by atoms with van der Waals surface area (Å²) in [5.74, 6) is 0. The molecule has 4 nitrogen and oxygen atoms in total. The van der Waals surface area contributed by atoms with E-state index in [2.05, 4.69) is 74.5 Å². The van der Waals surface area contributed by atoms with Crippen molar-refractivity contribution in [3.05, 3.63) is 94.2 Å². The van der Waals surface area contributed by atoms with E-state index in [-0.39, 0.29) is 0 Å². The molecule has 0 saturated heterocycles. The molecule has 0 radical (unpaired) electrons. The molecule has 0 saturated carbocycles. The van der Waals surface area contributed by atoms with E-state index in [1.54, 1.807) is 45.3 Å². The molecule has 0 aliphatic rings. The third-order valence-electron chi connectivity index (χ3n) is 8.49. The van der Waals surface area contributed by atoms with Crippen molar-refractivity contribution in [2.24, 2.45) is 0 Å². The molecule has 0 spiro atoms. The fourth-order valence-corrected chi connectivity index (χ4v) is 10.9. The maximum atomic E-state index is 4.87. The number of benzene rings is 2. The van der Waals surface area contributed by atoms with Gasteiger partial charge in [0.1, 0.15) is 0 Å². The average Bonchev–Trinajstić information content (AvgIpc) is 3.97. The third kappa shape index (κ3) is 8.52. The summed E-state index contributed by atoms with van der Waals surface area (Å²) in [4.78, 5) is 26.7. The van der Waals surface area contributed by atoms with Gasteiger partial charge in [0.2, 0.25) is 0 Å². The molecule has 0 N–H and O–H groups in total. The van der Waals surface area contributed by atoms with Crippen molar-refractivity contribution in [3.63, 3.8) is 0 Å². The molecule has 250 valence electrons. The van der Waals surface area contributed by atoms with Gasteiger partial charge in [-0.05, 0) is 59.7 Å². The van der Waals surface area contributed by atoms with Crippen LogP contribution in [0.4, 0.5) is 0 Å². The summed E-state index contributed by atoms with van der Waals surface area (Å²) in [6.07, 6.45) is 25.0. The minimum atomic E-state index is 0.994. The molecule has 5 heterocycles. The first-order valence-electron chi connectivity index (χ1n) is 17.3. The van der Waals surface area contributed by atoms with E-state index < -0.39 is 0 Å². The van der Waals surface area contributed by atoms with Crippen LogP contribution in [0.25, 0.3) is 62.5 Å². The summed E-state index contributed by atoms with van der Waals surface area (Å²) in [6.45, 7) is 4.52. The van der Waals surface area contributed by atoms with Gasteiger partial charge in [-0.1, -0.05) is 101 Å². The zero-order valence-electron chi connectivity index (χ0n) is 28.0. The molecule has 7 aromatic rings. The van der Waals surface area contributed by atoms with E-state index in [0.717, 1.165) is 32.9 Å². The van der Waals surface area contributed by atoms with E-state index in [1.165, 1.54) is 103 Å². The van der Waals surface area contributed by atoms with Gasteiger partial charge >= 0.3 is 0 Å². The fraction of sp³-hybridized carbons (Fsp3) is 0.300. The first-order valence-corrected chi connectivity index (χ1v) is 21.4. The van der Waals surface area contributed by atoms with Crippen LogP contribution >= 0.6 is 56.7 Å². The maximum Gasteiger partial charge on any atom is 0.152 e. The second-order valence-electron chi connectivity index (χ2n) is 12.3. The normalized spacial score (nSPS) is 11.8. The highest BCUT2D eigenvalue weighted by atomic mass is 32.1. The maximum absolute atomic E-state index is 4.87. The van der Waals surface area contributed by atoms with Crippen LogP contribution in [0.2, 0.25) is 0 Å². The molecule has 0 atom stereocenters. The number of rotatable bonds is 16. The second-order valence-corrected chi connectivity index (χ2v) is 17.6. The Labute approximate surface area is 309 Å². The second kappa shape index (κ2) is 16.6. The van der Waals surface area contributed by atoms with Crippen LogP contribution in [0.15, 0.2) is 73.3 Å². The van der Waals surface area contributed by atoms with Crippen molar-refractivity contribution in [2.45, 2.75) is 78.1 Å².